The van der Waals surface area contributed by atoms with Crippen LogP contribution >= 0.6 is 0 Å². The van der Waals surface area contributed by atoms with Gasteiger partial charge in [0.1, 0.15) is 5.82 Å². The van der Waals surface area contributed by atoms with Crippen LogP contribution in [0.25, 0.3) is 0 Å². The monoisotopic (exact) mass is 304 g/mol. The smallest absolute Gasteiger partial charge is 0.419 e. The van der Waals surface area contributed by atoms with E-state index >= 15 is 0 Å². The Morgan fingerprint density at radius 2 is 2.10 bits per heavy atom. The number of aromatic nitrogens is 1. The summed E-state index contributed by atoms with van der Waals surface area (Å²) in [7, 11) is 0. The molecule has 8 heteroatoms. The van der Waals surface area contributed by atoms with Gasteiger partial charge in [-0.25, -0.2) is 4.98 Å². The lowest BCUT2D eigenvalue weighted by Gasteiger charge is -2.33. The molecule has 1 aromatic rings. The summed E-state index contributed by atoms with van der Waals surface area (Å²) in [6, 6.07) is 2.10. The van der Waals surface area contributed by atoms with E-state index in [1.807, 2.05) is 0 Å². The van der Waals surface area contributed by atoms with Gasteiger partial charge in [-0.05, 0) is 25.0 Å². The summed E-state index contributed by atoms with van der Waals surface area (Å²) in [5.74, 6) is -1.39. The van der Waals surface area contributed by atoms with Gasteiger partial charge in [-0.3, -0.25) is 4.79 Å². The fourth-order valence-corrected chi connectivity index (χ4v) is 2.26. The first-order chi connectivity index (χ1) is 9.85. The minimum Gasteiger partial charge on any atom is -0.481 e. The van der Waals surface area contributed by atoms with E-state index in [0.717, 1.165) is 6.07 Å². The number of alkyl halides is 3. The number of nitrogens with one attached hydrogen (secondary N) is 1. The zero-order valence-electron chi connectivity index (χ0n) is 11.1. The number of pyridine rings is 1. The Balaban J connectivity index is 2.17. The Kier molecular flexibility index (Phi) is 4.36. The van der Waals surface area contributed by atoms with Crippen molar-refractivity contribution in [2.75, 3.05) is 25.1 Å². The summed E-state index contributed by atoms with van der Waals surface area (Å²) in [5.41, 5.74) is -2.03. The molecule has 0 bridgehead atoms. The van der Waals surface area contributed by atoms with Crippen LogP contribution in [0.1, 0.15) is 18.4 Å². The molecule has 0 amide bonds. The molecule has 0 atom stereocenters. The minimum atomic E-state index is -4.54. The minimum absolute atomic E-state index is 0.119. The predicted octanol–water partition coefficient (Wildman–Crippen LogP) is 2.39. The average molecular weight is 304 g/mol. The molecular formula is C13H15F3N2O3. The maximum absolute atomic E-state index is 12.9. The van der Waals surface area contributed by atoms with Crippen molar-refractivity contribution >= 4 is 11.8 Å². The molecule has 1 saturated heterocycles. The molecule has 0 aliphatic carbocycles. The molecule has 0 aromatic carbocycles. The van der Waals surface area contributed by atoms with Gasteiger partial charge in [-0.1, -0.05) is 0 Å². The summed E-state index contributed by atoms with van der Waals surface area (Å²) in [6.07, 6.45) is -2.80. The molecule has 2 heterocycles. The van der Waals surface area contributed by atoms with Crippen LogP contribution in [0.4, 0.5) is 19.0 Å². The lowest BCUT2D eigenvalue weighted by molar-refractivity contribution is -0.153. The van der Waals surface area contributed by atoms with Crippen molar-refractivity contribution in [1.82, 2.24) is 4.98 Å². The largest absolute Gasteiger partial charge is 0.481 e. The second-order valence-corrected chi connectivity index (χ2v) is 4.95. The molecule has 1 aliphatic rings. The third-order valence-electron chi connectivity index (χ3n) is 3.61. The first kappa shape index (κ1) is 15.6. The van der Waals surface area contributed by atoms with Gasteiger partial charge in [-0.2, -0.15) is 13.2 Å². The topological polar surface area (TPSA) is 71.5 Å². The van der Waals surface area contributed by atoms with E-state index in [9.17, 15) is 23.1 Å². The van der Waals surface area contributed by atoms with Crippen LogP contribution in [-0.2, 0) is 15.7 Å². The second kappa shape index (κ2) is 5.88. The fraction of sp³-hybridized carbons (Fsp3) is 0.538. The van der Waals surface area contributed by atoms with Gasteiger partial charge in [0.2, 0.25) is 0 Å². The Morgan fingerprint density at radius 1 is 1.43 bits per heavy atom. The molecule has 1 aromatic heterocycles. The van der Waals surface area contributed by atoms with Crippen LogP contribution in [0.2, 0.25) is 0 Å². The number of hydrogen-bond donors (Lipinski definition) is 2. The van der Waals surface area contributed by atoms with Crippen LogP contribution in [-0.4, -0.2) is 35.8 Å². The van der Waals surface area contributed by atoms with Crippen molar-refractivity contribution in [3.05, 3.63) is 23.9 Å². The number of carboxylic acid groups (broad SMARTS) is 1. The number of halogens is 3. The van der Waals surface area contributed by atoms with Gasteiger partial charge in [0.05, 0.1) is 11.0 Å². The molecular weight excluding hydrogens is 289 g/mol. The summed E-state index contributed by atoms with van der Waals surface area (Å²) < 4.78 is 43.7. The van der Waals surface area contributed by atoms with Crippen LogP contribution < -0.4 is 5.32 Å². The molecule has 1 fully saturated rings. The Bertz CT molecular complexity index is 514. The lowest BCUT2D eigenvalue weighted by atomic mass is 9.80. The van der Waals surface area contributed by atoms with E-state index in [2.05, 4.69) is 10.3 Å². The highest BCUT2D eigenvalue weighted by molar-refractivity contribution is 5.75. The van der Waals surface area contributed by atoms with Crippen LogP contribution in [0.5, 0.6) is 0 Å². The molecule has 116 valence electrons. The summed E-state index contributed by atoms with van der Waals surface area (Å²) in [6.45, 7) is 0.441. The number of hydrogen-bond acceptors (Lipinski definition) is 4. The molecule has 2 rings (SSSR count). The van der Waals surface area contributed by atoms with Gasteiger partial charge >= 0.3 is 12.1 Å². The molecule has 21 heavy (non-hydrogen) atoms. The highest BCUT2D eigenvalue weighted by Crippen LogP contribution is 2.35. The maximum Gasteiger partial charge on any atom is 0.419 e. The maximum atomic E-state index is 12.9. The fourth-order valence-electron chi connectivity index (χ4n) is 2.26. The molecule has 0 unspecified atom stereocenters. The zero-order valence-corrected chi connectivity index (χ0v) is 11.1. The predicted molar refractivity (Wildman–Crippen MR) is 67.9 cm³/mol. The van der Waals surface area contributed by atoms with Crippen molar-refractivity contribution in [2.24, 2.45) is 5.41 Å². The SMILES string of the molecule is O=C(O)C1(CNc2ncccc2C(F)(F)F)CCOCC1. The molecule has 0 saturated carbocycles. The molecule has 2 N–H and O–H groups in total. The molecule has 5 nitrogen and oxygen atoms in total. The second-order valence-electron chi connectivity index (χ2n) is 4.95. The van der Waals surface area contributed by atoms with E-state index in [1.54, 1.807) is 0 Å². The number of aliphatic carboxylic acids is 1. The van der Waals surface area contributed by atoms with Gasteiger partial charge in [0.15, 0.2) is 0 Å². The number of nitrogens with zero attached hydrogens (tertiary/aromatic N) is 1. The Hall–Kier alpha value is -1.83. The van der Waals surface area contributed by atoms with E-state index in [0.29, 0.717) is 0 Å². The van der Waals surface area contributed by atoms with Crippen molar-refractivity contribution in [3.8, 4) is 0 Å². The highest BCUT2D eigenvalue weighted by Gasteiger charge is 2.41. The summed E-state index contributed by atoms with van der Waals surface area (Å²) >= 11 is 0. The average Bonchev–Trinajstić information content (AvgIpc) is 2.45. The van der Waals surface area contributed by atoms with Gasteiger partial charge in [0.25, 0.3) is 0 Å². The highest BCUT2D eigenvalue weighted by atomic mass is 19.4. The van der Waals surface area contributed by atoms with E-state index in [1.165, 1.54) is 12.3 Å². The summed E-state index contributed by atoms with van der Waals surface area (Å²) in [5, 5.41) is 11.9. The third kappa shape index (κ3) is 3.44. The number of rotatable bonds is 4. The van der Waals surface area contributed by atoms with Crippen molar-refractivity contribution in [3.63, 3.8) is 0 Å². The number of ether oxygens (including phenoxy) is 1. The van der Waals surface area contributed by atoms with Crippen LogP contribution in [0, 0.1) is 5.41 Å². The summed E-state index contributed by atoms with van der Waals surface area (Å²) in [4.78, 5) is 15.1. The van der Waals surface area contributed by atoms with Crippen molar-refractivity contribution < 1.29 is 27.8 Å². The number of carbonyl (C=O) groups is 1. The first-order valence-electron chi connectivity index (χ1n) is 6.42. The van der Waals surface area contributed by atoms with Crippen LogP contribution in [0.3, 0.4) is 0 Å². The van der Waals surface area contributed by atoms with Gasteiger partial charge in [-0.15, -0.1) is 0 Å². The number of anilines is 1. The molecule has 0 radical (unpaired) electrons. The first-order valence-corrected chi connectivity index (χ1v) is 6.42. The number of carboxylic acids is 1. The lowest BCUT2D eigenvalue weighted by Crippen LogP contribution is -2.43. The van der Waals surface area contributed by atoms with Gasteiger partial charge in [0, 0.05) is 26.0 Å². The van der Waals surface area contributed by atoms with Crippen molar-refractivity contribution in [1.29, 1.82) is 0 Å². The Labute approximate surface area is 119 Å². The Morgan fingerprint density at radius 3 is 2.67 bits per heavy atom. The quantitative estimate of drug-likeness (QED) is 0.893. The van der Waals surface area contributed by atoms with E-state index < -0.39 is 23.1 Å². The van der Waals surface area contributed by atoms with E-state index in [-0.39, 0.29) is 38.4 Å². The normalized spacial score (nSPS) is 18.2. The zero-order chi connectivity index (χ0) is 15.5. The standard InChI is InChI=1S/C13H15F3N2O3/c14-13(15,16)9-2-1-5-17-10(9)18-8-12(11(19)20)3-6-21-7-4-12/h1-2,5H,3-4,6-8H2,(H,17,18)(H,19,20). The third-order valence-corrected chi connectivity index (χ3v) is 3.61. The molecule has 0 spiro atoms. The van der Waals surface area contributed by atoms with Gasteiger partial charge < -0.3 is 15.2 Å². The van der Waals surface area contributed by atoms with Crippen LogP contribution in [0.15, 0.2) is 18.3 Å². The molecule has 1 aliphatic heterocycles. The van der Waals surface area contributed by atoms with E-state index in [4.69, 9.17) is 4.74 Å². The van der Waals surface area contributed by atoms with Crippen molar-refractivity contribution in [2.45, 2.75) is 19.0 Å².